The average molecular weight is 270 g/mol. The molecule has 0 atom stereocenters. The van der Waals surface area contributed by atoms with Gasteiger partial charge in [-0.3, -0.25) is 0 Å². The van der Waals surface area contributed by atoms with E-state index in [0.717, 1.165) is 10.0 Å². The van der Waals surface area contributed by atoms with Gasteiger partial charge in [0.1, 0.15) is 5.75 Å². The van der Waals surface area contributed by atoms with Crippen LogP contribution in [-0.2, 0) is 4.74 Å². The largest absolute Gasteiger partial charge is 0.467 e. The topological polar surface area (TPSA) is 42.2 Å². The van der Waals surface area contributed by atoms with E-state index in [-0.39, 0.29) is 6.79 Å². The number of halogens is 1. The number of hydrogen-bond acceptors (Lipinski definition) is 3. The Labute approximate surface area is 97.7 Å². The molecule has 80 valence electrons. The van der Waals surface area contributed by atoms with Crippen molar-refractivity contribution < 1.29 is 9.47 Å². The van der Waals surface area contributed by atoms with Crippen molar-refractivity contribution in [1.82, 2.24) is 0 Å². The Balaban J connectivity index is 2.83. The summed E-state index contributed by atoms with van der Waals surface area (Å²) in [6.45, 7) is 4.60. The standard InChI is InChI=1S/C11H12BrNO2/c1-3-14-7-15-10-4-9(6-13)8(2)11(12)5-10/h4-5H,3,7H2,1-2H3. The third-order valence-electron chi connectivity index (χ3n) is 1.95. The quantitative estimate of drug-likeness (QED) is 0.624. The third kappa shape index (κ3) is 3.22. The van der Waals surface area contributed by atoms with E-state index in [4.69, 9.17) is 14.7 Å². The number of rotatable bonds is 4. The van der Waals surface area contributed by atoms with Crippen LogP contribution in [0.25, 0.3) is 0 Å². The van der Waals surface area contributed by atoms with E-state index in [9.17, 15) is 0 Å². The van der Waals surface area contributed by atoms with Crippen molar-refractivity contribution in [2.45, 2.75) is 13.8 Å². The molecule has 0 saturated carbocycles. The average Bonchev–Trinajstić information content (AvgIpc) is 2.23. The normalized spacial score (nSPS) is 9.73. The second-order valence-corrected chi connectivity index (χ2v) is 3.80. The van der Waals surface area contributed by atoms with Crippen LogP contribution in [0.4, 0.5) is 0 Å². The fraction of sp³-hybridized carbons (Fsp3) is 0.364. The fourth-order valence-corrected chi connectivity index (χ4v) is 1.49. The lowest BCUT2D eigenvalue weighted by Crippen LogP contribution is -2.02. The van der Waals surface area contributed by atoms with Crippen molar-refractivity contribution >= 4 is 15.9 Å². The summed E-state index contributed by atoms with van der Waals surface area (Å²) in [6, 6.07) is 5.65. The summed E-state index contributed by atoms with van der Waals surface area (Å²) in [7, 11) is 0. The predicted octanol–water partition coefficient (Wildman–Crippen LogP) is 3.00. The molecule has 0 bridgehead atoms. The highest BCUT2D eigenvalue weighted by Gasteiger charge is 2.05. The van der Waals surface area contributed by atoms with Crippen LogP contribution in [0.3, 0.4) is 0 Å². The van der Waals surface area contributed by atoms with Gasteiger partial charge in [0.15, 0.2) is 6.79 Å². The Morgan fingerprint density at radius 1 is 1.47 bits per heavy atom. The minimum Gasteiger partial charge on any atom is -0.467 e. The van der Waals surface area contributed by atoms with Gasteiger partial charge in [-0.25, -0.2) is 0 Å². The van der Waals surface area contributed by atoms with Crippen LogP contribution in [0.1, 0.15) is 18.1 Å². The van der Waals surface area contributed by atoms with Crippen molar-refractivity contribution in [2.75, 3.05) is 13.4 Å². The van der Waals surface area contributed by atoms with Gasteiger partial charge in [-0.1, -0.05) is 15.9 Å². The lowest BCUT2D eigenvalue weighted by molar-refractivity contribution is 0.0223. The van der Waals surface area contributed by atoms with E-state index in [1.807, 2.05) is 19.9 Å². The Hall–Kier alpha value is -1.05. The van der Waals surface area contributed by atoms with Crippen LogP contribution in [0, 0.1) is 18.3 Å². The van der Waals surface area contributed by atoms with Crippen molar-refractivity contribution in [2.24, 2.45) is 0 Å². The molecule has 3 nitrogen and oxygen atoms in total. The smallest absolute Gasteiger partial charge is 0.189 e. The number of nitriles is 1. The zero-order valence-electron chi connectivity index (χ0n) is 8.71. The number of nitrogens with zero attached hydrogens (tertiary/aromatic N) is 1. The molecule has 0 saturated heterocycles. The molecule has 1 rings (SSSR count). The Morgan fingerprint density at radius 2 is 2.20 bits per heavy atom. The predicted molar refractivity (Wildman–Crippen MR) is 60.7 cm³/mol. The molecule has 0 aliphatic rings. The number of benzene rings is 1. The van der Waals surface area contributed by atoms with Crippen LogP contribution in [0.15, 0.2) is 16.6 Å². The summed E-state index contributed by atoms with van der Waals surface area (Å²) in [6.07, 6.45) is 0. The molecule has 15 heavy (non-hydrogen) atoms. The highest BCUT2D eigenvalue weighted by atomic mass is 79.9. The summed E-state index contributed by atoms with van der Waals surface area (Å²) in [5, 5.41) is 8.88. The molecule has 0 spiro atoms. The fourth-order valence-electron chi connectivity index (χ4n) is 1.05. The molecular weight excluding hydrogens is 258 g/mol. The van der Waals surface area contributed by atoms with Gasteiger partial charge in [0.05, 0.1) is 11.6 Å². The monoisotopic (exact) mass is 269 g/mol. The minimum absolute atomic E-state index is 0.205. The third-order valence-corrected chi connectivity index (χ3v) is 2.77. The maximum Gasteiger partial charge on any atom is 0.189 e. The van der Waals surface area contributed by atoms with Crippen molar-refractivity contribution in [3.05, 3.63) is 27.7 Å². The first-order valence-corrected chi connectivity index (χ1v) is 5.39. The minimum atomic E-state index is 0.205. The summed E-state index contributed by atoms with van der Waals surface area (Å²) < 4.78 is 11.3. The van der Waals surface area contributed by atoms with E-state index in [1.165, 1.54) is 0 Å². The van der Waals surface area contributed by atoms with Gasteiger partial charge in [0, 0.05) is 11.1 Å². The summed E-state index contributed by atoms with van der Waals surface area (Å²) >= 11 is 3.37. The maximum absolute atomic E-state index is 8.88. The SMILES string of the molecule is CCOCOc1cc(Br)c(C)c(C#N)c1. The molecule has 0 fully saturated rings. The van der Waals surface area contributed by atoms with E-state index < -0.39 is 0 Å². The molecule has 0 N–H and O–H groups in total. The molecule has 0 aromatic heterocycles. The molecule has 4 heteroatoms. The van der Waals surface area contributed by atoms with Crippen LogP contribution >= 0.6 is 15.9 Å². The zero-order valence-corrected chi connectivity index (χ0v) is 10.3. The van der Waals surface area contributed by atoms with Gasteiger partial charge in [-0.2, -0.15) is 5.26 Å². The lowest BCUT2D eigenvalue weighted by Gasteiger charge is -2.08. The van der Waals surface area contributed by atoms with E-state index in [0.29, 0.717) is 17.9 Å². The summed E-state index contributed by atoms with van der Waals surface area (Å²) in [5.74, 6) is 0.637. The van der Waals surface area contributed by atoms with Crippen LogP contribution in [-0.4, -0.2) is 13.4 Å². The number of ether oxygens (including phenoxy) is 2. The van der Waals surface area contributed by atoms with E-state index in [2.05, 4.69) is 22.0 Å². The Kier molecular flexibility index (Phi) is 4.60. The van der Waals surface area contributed by atoms with E-state index in [1.54, 1.807) is 6.07 Å². The molecule has 1 aromatic carbocycles. The first-order valence-electron chi connectivity index (χ1n) is 4.59. The van der Waals surface area contributed by atoms with Gasteiger partial charge < -0.3 is 9.47 Å². The molecule has 0 amide bonds. The highest BCUT2D eigenvalue weighted by molar-refractivity contribution is 9.10. The first kappa shape index (κ1) is 12.0. The Morgan fingerprint density at radius 3 is 2.80 bits per heavy atom. The van der Waals surface area contributed by atoms with Crippen molar-refractivity contribution in [3.63, 3.8) is 0 Å². The van der Waals surface area contributed by atoms with Crippen molar-refractivity contribution in [1.29, 1.82) is 5.26 Å². The summed E-state index contributed by atoms with van der Waals surface area (Å²) in [5.41, 5.74) is 1.53. The molecule has 1 aromatic rings. The van der Waals surface area contributed by atoms with Crippen LogP contribution in [0.5, 0.6) is 5.75 Å². The van der Waals surface area contributed by atoms with Crippen molar-refractivity contribution in [3.8, 4) is 11.8 Å². The van der Waals surface area contributed by atoms with Gasteiger partial charge in [0.2, 0.25) is 0 Å². The number of hydrogen-bond donors (Lipinski definition) is 0. The summed E-state index contributed by atoms with van der Waals surface area (Å²) in [4.78, 5) is 0. The van der Waals surface area contributed by atoms with Gasteiger partial charge in [0.25, 0.3) is 0 Å². The molecule has 0 radical (unpaired) electrons. The van der Waals surface area contributed by atoms with Gasteiger partial charge in [-0.05, 0) is 31.5 Å². The van der Waals surface area contributed by atoms with Crippen LogP contribution < -0.4 is 4.74 Å². The van der Waals surface area contributed by atoms with E-state index >= 15 is 0 Å². The maximum atomic E-state index is 8.88. The second-order valence-electron chi connectivity index (χ2n) is 2.94. The lowest BCUT2D eigenvalue weighted by atomic mass is 10.1. The molecular formula is C11H12BrNO2. The zero-order chi connectivity index (χ0) is 11.3. The molecule has 0 unspecified atom stereocenters. The van der Waals surface area contributed by atoms with Gasteiger partial charge in [-0.15, -0.1) is 0 Å². The Bertz CT molecular complexity index is 385. The molecule has 0 heterocycles. The second kappa shape index (κ2) is 5.74. The molecule has 0 aliphatic heterocycles. The molecule has 0 aliphatic carbocycles. The first-order chi connectivity index (χ1) is 7.19. The van der Waals surface area contributed by atoms with Crippen LogP contribution in [0.2, 0.25) is 0 Å². The van der Waals surface area contributed by atoms with Gasteiger partial charge >= 0.3 is 0 Å². The highest BCUT2D eigenvalue weighted by Crippen LogP contribution is 2.26.